The standard InChI is InChI=1S/C26H35N3O2/c1-19-8-6-9-20(14-19)16-29-13-7-10-21(18-29)24-15-22(17-28(24)2)26(30)27-23-11-4-5-12-25(23)31-3/h4-6,8-9,11-12,14,21-22,24H,7,10,13,15-18H2,1-3H3,(H,27,30)/t21-,22+,24-/m0/s1. The maximum atomic E-state index is 13.0. The molecule has 3 atom stereocenters. The monoisotopic (exact) mass is 421 g/mol. The van der Waals surface area contributed by atoms with Crippen molar-refractivity contribution in [3.05, 3.63) is 59.7 Å². The van der Waals surface area contributed by atoms with Crippen molar-refractivity contribution in [2.24, 2.45) is 11.8 Å². The summed E-state index contributed by atoms with van der Waals surface area (Å²) in [4.78, 5) is 18.0. The highest BCUT2D eigenvalue weighted by atomic mass is 16.5. The molecule has 0 unspecified atom stereocenters. The van der Waals surface area contributed by atoms with Crippen LogP contribution in [0.1, 0.15) is 30.4 Å². The lowest BCUT2D eigenvalue weighted by atomic mass is 9.87. The Morgan fingerprint density at radius 1 is 1.16 bits per heavy atom. The van der Waals surface area contributed by atoms with Gasteiger partial charge in [-0.3, -0.25) is 9.69 Å². The molecule has 0 saturated carbocycles. The molecule has 4 rings (SSSR count). The first-order valence-corrected chi connectivity index (χ1v) is 11.5. The fraction of sp³-hybridized carbons (Fsp3) is 0.500. The van der Waals surface area contributed by atoms with E-state index in [9.17, 15) is 4.79 Å². The number of aryl methyl sites for hydroxylation is 1. The molecule has 2 aliphatic heterocycles. The summed E-state index contributed by atoms with van der Waals surface area (Å²) in [5.74, 6) is 1.45. The number of hydrogen-bond donors (Lipinski definition) is 1. The fourth-order valence-corrected chi connectivity index (χ4v) is 5.37. The Kier molecular flexibility index (Phi) is 6.93. The van der Waals surface area contributed by atoms with Crippen LogP contribution in [0, 0.1) is 18.8 Å². The third-order valence-electron chi connectivity index (χ3n) is 6.91. The molecule has 2 heterocycles. The van der Waals surface area contributed by atoms with Crippen molar-refractivity contribution in [2.45, 2.75) is 38.8 Å². The van der Waals surface area contributed by atoms with Crippen LogP contribution < -0.4 is 10.1 Å². The number of para-hydroxylation sites is 2. The van der Waals surface area contributed by atoms with Crippen molar-refractivity contribution in [1.82, 2.24) is 9.80 Å². The van der Waals surface area contributed by atoms with Crippen molar-refractivity contribution < 1.29 is 9.53 Å². The van der Waals surface area contributed by atoms with Gasteiger partial charge in [-0.05, 0) is 63.4 Å². The molecule has 0 bridgehead atoms. The number of ether oxygens (including phenoxy) is 1. The van der Waals surface area contributed by atoms with Crippen molar-refractivity contribution in [2.75, 3.05) is 39.1 Å². The molecule has 31 heavy (non-hydrogen) atoms. The van der Waals surface area contributed by atoms with Gasteiger partial charge in [0.2, 0.25) is 5.91 Å². The van der Waals surface area contributed by atoms with E-state index in [4.69, 9.17) is 4.74 Å². The zero-order valence-corrected chi connectivity index (χ0v) is 19.0. The van der Waals surface area contributed by atoms with Crippen molar-refractivity contribution in [1.29, 1.82) is 0 Å². The summed E-state index contributed by atoms with van der Waals surface area (Å²) in [6.45, 7) is 6.28. The zero-order chi connectivity index (χ0) is 21.8. The van der Waals surface area contributed by atoms with Crippen LogP contribution in [0.15, 0.2) is 48.5 Å². The predicted octanol–water partition coefficient (Wildman–Crippen LogP) is 4.17. The van der Waals surface area contributed by atoms with E-state index < -0.39 is 0 Å². The highest BCUT2D eigenvalue weighted by Crippen LogP contribution is 2.34. The largest absolute Gasteiger partial charge is 0.495 e. The molecular weight excluding hydrogens is 386 g/mol. The Bertz CT molecular complexity index is 900. The molecule has 1 amide bonds. The van der Waals surface area contributed by atoms with Gasteiger partial charge in [-0.2, -0.15) is 0 Å². The van der Waals surface area contributed by atoms with Gasteiger partial charge in [-0.15, -0.1) is 0 Å². The summed E-state index contributed by atoms with van der Waals surface area (Å²) in [6.07, 6.45) is 3.42. The minimum absolute atomic E-state index is 0.0204. The van der Waals surface area contributed by atoms with Gasteiger partial charge in [0.15, 0.2) is 0 Å². The number of piperidine rings is 1. The predicted molar refractivity (Wildman–Crippen MR) is 125 cm³/mol. The van der Waals surface area contributed by atoms with Crippen molar-refractivity contribution >= 4 is 11.6 Å². The van der Waals surface area contributed by atoms with Crippen LogP contribution in [0.25, 0.3) is 0 Å². The lowest BCUT2D eigenvalue weighted by Crippen LogP contribution is -2.43. The number of nitrogens with zero attached hydrogens (tertiary/aromatic N) is 2. The molecule has 2 aliphatic rings. The van der Waals surface area contributed by atoms with E-state index in [1.807, 2.05) is 24.3 Å². The van der Waals surface area contributed by atoms with E-state index in [0.29, 0.717) is 17.7 Å². The first-order chi connectivity index (χ1) is 15.0. The molecule has 2 fully saturated rings. The summed E-state index contributed by atoms with van der Waals surface area (Å²) in [6, 6.07) is 16.9. The Morgan fingerprint density at radius 2 is 2.00 bits per heavy atom. The fourth-order valence-electron chi connectivity index (χ4n) is 5.37. The van der Waals surface area contributed by atoms with Crippen molar-refractivity contribution in [3.8, 4) is 5.75 Å². The van der Waals surface area contributed by atoms with Crippen LogP contribution in [0.3, 0.4) is 0 Å². The van der Waals surface area contributed by atoms with Crippen LogP contribution in [-0.2, 0) is 11.3 Å². The number of benzene rings is 2. The Hall–Kier alpha value is -2.37. The number of hydrogen-bond acceptors (Lipinski definition) is 4. The van der Waals surface area contributed by atoms with Crippen LogP contribution in [-0.4, -0.2) is 55.5 Å². The van der Waals surface area contributed by atoms with Gasteiger partial charge < -0.3 is 15.0 Å². The van der Waals surface area contributed by atoms with Gasteiger partial charge in [-0.25, -0.2) is 0 Å². The number of rotatable bonds is 6. The normalized spacial score (nSPS) is 24.8. The molecule has 0 radical (unpaired) electrons. The van der Waals surface area contributed by atoms with Crippen LogP contribution in [0.5, 0.6) is 5.75 Å². The molecule has 0 aromatic heterocycles. The minimum atomic E-state index is 0.0204. The quantitative estimate of drug-likeness (QED) is 0.760. The first-order valence-electron chi connectivity index (χ1n) is 11.5. The van der Waals surface area contributed by atoms with Crippen LogP contribution >= 0.6 is 0 Å². The molecule has 166 valence electrons. The van der Waals surface area contributed by atoms with Crippen LogP contribution in [0.2, 0.25) is 0 Å². The molecule has 5 nitrogen and oxygen atoms in total. The second-order valence-corrected chi connectivity index (χ2v) is 9.26. The maximum Gasteiger partial charge on any atom is 0.228 e. The number of carbonyl (C=O) groups is 1. The molecule has 2 aromatic rings. The molecule has 1 N–H and O–H groups in total. The third-order valence-corrected chi connectivity index (χ3v) is 6.91. The Balaban J connectivity index is 1.36. The van der Waals surface area contributed by atoms with E-state index in [0.717, 1.165) is 31.7 Å². The van der Waals surface area contributed by atoms with E-state index >= 15 is 0 Å². The summed E-state index contributed by atoms with van der Waals surface area (Å²) >= 11 is 0. The number of anilines is 1. The summed E-state index contributed by atoms with van der Waals surface area (Å²) < 4.78 is 5.38. The topological polar surface area (TPSA) is 44.8 Å². The van der Waals surface area contributed by atoms with Gasteiger partial charge in [-0.1, -0.05) is 42.0 Å². The SMILES string of the molecule is COc1ccccc1NC(=O)[C@@H]1C[C@@H]([C@H]2CCCN(Cc3cccc(C)c3)C2)N(C)C1. The lowest BCUT2D eigenvalue weighted by molar-refractivity contribution is -0.119. The van der Waals surface area contributed by atoms with Gasteiger partial charge in [0.05, 0.1) is 18.7 Å². The van der Waals surface area contributed by atoms with Gasteiger partial charge in [0, 0.05) is 25.7 Å². The number of amides is 1. The van der Waals surface area contributed by atoms with Gasteiger partial charge >= 0.3 is 0 Å². The van der Waals surface area contributed by atoms with Crippen LogP contribution in [0.4, 0.5) is 5.69 Å². The second kappa shape index (κ2) is 9.84. The molecular formula is C26H35N3O2. The smallest absolute Gasteiger partial charge is 0.228 e. The lowest BCUT2D eigenvalue weighted by Gasteiger charge is -2.38. The zero-order valence-electron chi connectivity index (χ0n) is 19.0. The van der Waals surface area contributed by atoms with Gasteiger partial charge in [0.25, 0.3) is 0 Å². The number of carbonyl (C=O) groups excluding carboxylic acids is 1. The summed E-state index contributed by atoms with van der Waals surface area (Å²) in [5.41, 5.74) is 3.48. The second-order valence-electron chi connectivity index (χ2n) is 9.26. The Labute approximate surface area is 186 Å². The van der Waals surface area contributed by atoms with Crippen molar-refractivity contribution in [3.63, 3.8) is 0 Å². The summed E-state index contributed by atoms with van der Waals surface area (Å²) in [5, 5.41) is 3.09. The average Bonchev–Trinajstić information content (AvgIpc) is 3.16. The summed E-state index contributed by atoms with van der Waals surface area (Å²) in [7, 11) is 3.82. The van der Waals surface area contributed by atoms with E-state index in [1.54, 1.807) is 7.11 Å². The van der Waals surface area contributed by atoms with E-state index in [2.05, 4.69) is 53.4 Å². The van der Waals surface area contributed by atoms with Gasteiger partial charge in [0.1, 0.15) is 5.75 Å². The highest BCUT2D eigenvalue weighted by molar-refractivity contribution is 5.94. The maximum absolute atomic E-state index is 13.0. The van der Waals surface area contributed by atoms with E-state index in [-0.39, 0.29) is 11.8 Å². The minimum Gasteiger partial charge on any atom is -0.495 e. The molecule has 0 spiro atoms. The molecule has 2 aromatic carbocycles. The molecule has 2 saturated heterocycles. The van der Waals surface area contributed by atoms with E-state index in [1.165, 1.54) is 30.5 Å². The highest BCUT2D eigenvalue weighted by Gasteiger charge is 2.39. The molecule has 5 heteroatoms. The number of methoxy groups -OCH3 is 1. The third kappa shape index (κ3) is 5.28. The number of likely N-dealkylation sites (tertiary alicyclic amines) is 2. The number of nitrogens with one attached hydrogen (secondary N) is 1. The Morgan fingerprint density at radius 3 is 2.81 bits per heavy atom. The molecule has 0 aliphatic carbocycles. The first kappa shape index (κ1) is 21.8. The average molecular weight is 422 g/mol.